The van der Waals surface area contributed by atoms with E-state index in [2.05, 4.69) is 25.5 Å². The van der Waals surface area contributed by atoms with Crippen LogP contribution in [0.3, 0.4) is 0 Å². The van der Waals surface area contributed by atoms with Gasteiger partial charge in [-0.05, 0) is 37.1 Å². The highest BCUT2D eigenvalue weighted by atomic mass is 19.3. The third-order valence-electron chi connectivity index (χ3n) is 4.30. The van der Waals surface area contributed by atoms with Gasteiger partial charge < -0.3 is 15.4 Å². The fourth-order valence-corrected chi connectivity index (χ4v) is 2.89. The number of para-hydroxylation sites is 2. The van der Waals surface area contributed by atoms with Crippen LogP contribution in [-0.4, -0.2) is 35.4 Å². The lowest BCUT2D eigenvalue weighted by Crippen LogP contribution is -2.38. The molecule has 0 bridgehead atoms. The number of alkyl halides is 2. The molecule has 2 N–H and O–H groups in total. The van der Waals surface area contributed by atoms with Crippen molar-refractivity contribution in [1.82, 2.24) is 20.4 Å². The highest BCUT2D eigenvalue weighted by Crippen LogP contribution is 2.20. The maximum absolute atomic E-state index is 12.6. The van der Waals surface area contributed by atoms with E-state index in [0.717, 1.165) is 17.7 Å². The summed E-state index contributed by atoms with van der Waals surface area (Å²) >= 11 is 0. The van der Waals surface area contributed by atoms with Crippen molar-refractivity contribution in [3.8, 4) is 11.4 Å². The molecule has 1 heterocycles. The molecule has 0 aliphatic carbocycles. The highest BCUT2D eigenvalue weighted by molar-refractivity contribution is 5.79. The summed E-state index contributed by atoms with van der Waals surface area (Å²) in [6.45, 7) is 0.673. The minimum atomic E-state index is -2.86. The largest absolute Gasteiger partial charge is 0.434 e. The molecule has 3 rings (SSSR count). The van der Waals surface area contributed by atoms with Crippen molar-refractivity contribution in [1.29, 1.82) is 0 Å². The number of guanidine groups is 1. The third-order valence-corrected chi connectivity index (χ3v) is 4.30. The van der Waals surface area contributed by atoms with Gasteiger partial charge in [-0.25, -0.2) is 9.67 Å². The first kappa shape index (κ1) is 21.3. The van der Waals surface area contributed by atoms with Crippen molar-refractivity contribution in [3.63, 3.8) is 0 Å². The molecule has 0 aliphatic heterocycles. The summed E-state index contributed by atoms with van der Waals surface area (Å²) in [4.78, 5) is 4.48. The van der Waals surface area contributed by atoms with Crippen LogP contribution in [0.25, 0.3) is 5.69 Å². The SMILES string of the molecule is CCNC(=NCc1ccccc1OC(F)F)NCCc1cnn(-c2ccccc2)c1. The Labute approximate surface area is 174 Å². The van der Waals surface area contributed by atoms with Gasteiger partial charge in [-0.1, -0.05) is 36.4 Å². The van der Waals surface area contributed by atoms with Gasteiger partial charge in [0.05, 0.1) is 18.4 Å². The predicted molar refractivity (Wildman–Crippen MR) is 113 cm³/mol. The van der Waals surface area contributed by atoms with Gasteiger partial charge in [0, 0.05) is 24.8 Å². The molecule has 0 saturated heterocycles. The molecule has 0 saturated carbocycles. The van der Waals surface area contributed by atoms with Gasteiger partial charge in [-0.3, -0.25) is 0 Å². The minimum absolute atomic E-state index is 0.139. The number of hydrogen-bond donors (Lipinski definition) is 2. The summed E-state index contributed by atoms with van der Waals surface area (Å²) in [6.07, 6.45) is 4.61. The molecular weight excluding hydrogens is 388 g/mol. The first-order valence-electron chi connectivity index (χ1n) is 9.79. The summed E-state index contributed by atoms with van der Waals surface area (Å²) in [7, 11) is 0. The summed E-state index contributed by atoms with van der Waals surface area (Å²) in [5.74, 6) is 0.750. The lowest BCUT2D eigenvalue weighted by atomic mass is 10.2. The Bertz CT molecular complexity index is 943. The lowest BCUT2D eigenvalue weighted by molar-refractivity contribution is -0.0504. The molecule has 0 fully saturated rings. The average Bonchev–Trinajstić information content (AvgIpc) is 3.22. The molecule has 8 heteroatoms. The van der Waals surface area contributed by atoms with Crippen LogP contribution >= 0.6 is 0 Å². The topological polar surface area (TPSA) is 63.5 Å². The minimum Gasteiger partial charge on any atom is -0.434 e. The van der Waals surface area contributed by atoms with E-state index < -0.39 is 6.61 Å². The number of nitrogens with zero attached hydrogens (tertiary/aromatic N) is 3. The fourth-order valence-electron chi connectivity index (χ4n) is 2.89. The van der Waals surface area contributed by atoms with Gasteiger partial charge in [-0.2, -0.15) is 13.9 Å². The summed E-state index contributed by atoms with van der Waals surface area (Å²) < 4.78 is 31.5. The zero-order valence-corrected chi connectivity index (χ0v) is 16.8. The molecular formula is C22H25F2N5O. The second kappa shape index (κ2) is 10.9. The van der Waals surface area contributed by atoms with E-state index in [4.69, 9.17) is 0 Å². The number of aromatic nitrogens is 2. The van der Waals surface area contributed by atoms with Gasteiger partial charge in [-0.15, -0.1) is 0 Å². The van der Waals surface area contributed by atoms with E-state index >= 15 is 0 Å². The number of rotatable bonds is 9. The number of ether oxygens (including phenoxy) is 1. The molecule has 0 spiro atoms. The van der Waals surface area contributed by atoms with Crippen molar-refractivity contribution in [3.05, 3.63) is 78.1 Å². The van der Waals surface area contributed by atoms with Crippen molar-refractivity contribution in [2.45, 2.75) is 26.5 Å². The van der Waals surface area contributed by atoms with E-state index in [1.807, 2.05) is 54.3 Å². The Morgan fingerprint density at radius 2 is 1.87 bits per heavy atom. The second-order valence-electron chi connectivity index (χ2n) is 6.49. The Kier molecular flexibility index (Phi) is 7.77. The molecule has 0 atom stereocenters. The van der Waals surface area contributed by atoms with Gasteiger partial charge in [0.1, 0.15) is 5.75 Å². The van der Waals surface area contributed by atoms with Crippen LogP contribution in [0, 0.1) is 0 Å². The number of nitrogens with one attached hydrogen (secondary N) is 2. The Morgan fingerprint density at radius 3 is 2.63 bits per heavy atom. The van der Waals surface area contributed by atoms with Gasteiger partial charge in [0.25, 0.3) is 0 Å². The molecule has 0 amide bonds. The van der Waals surface area contributed by atoms with Gasteiger partial charge in [0.15, 0.2) is 5.96 Å². The number of aliphatic imine (C=N–C) groups is 1. The van der Waals surface area contributed by atoms with Crippen molar-refractivity contribution in [2.75, 3.05) is 13.1 Å². The Morgan fingerprint density at radius 1 is 1.10 bits per heavy atom. The second-order valence-corrected chi connectivity index (χ2v) is 6.49. The monoisotopic (exact) mass is 413 g/mol. The van der Waals surface area contributed by atoms with E-state index in [9.17, 15) is 8.78 Å². The van der Waals surface area contributed by atoms with Crippen molar-refractivity contribution < 1.29 is 13.5 Å². The first-order valence-corrected chi connectivity index (χ1v) is 9.79. The number of halogens is 2. The van der Waals surface area contributed by atoms with Crippen LogP contribution in [-0.2, 0) is 13.0 Å². The van der Waals surface area contributed by atoms with Crippen molar-refractivity contribution >= 4 is 5.96 Å². The van der Waals surface area contributed by atoms with Gasteiger partial charge in [0.2, 0.25) is 0 Å². The standard InChI is InChI=1S/C22H25F2N5O/c1-2-25-22(27-15-18-8-6-7-11-20(18)30-21(23)24)26-13-12-17-14-28-29(16-17)19-9-4-3-5-10-19/h3-11,14,16,21H,2,12-13,15H2,1H3,(H2,25,26,27). The van der Waals surface area contributed by atoms with E-state index in [1.165, 1.54) is 6.07 Å². The molecule has 1 aromatic heterocycles. The van der Waals surface area contributed by atoms with Crippen LogP contribution < -0.4 is 15.4 Å². The van der Waals surface area contributed by atoms with Crippen LogP contribution in [0.1, 0.15) is 18.1 Å². The van der Waals surface area contributed by atoms with E-state index in [-0.39, 0.29) is 12.3 Å². The maximum atomic E-state index is 12.6. The highest BCUT2D eigenvalue weighted by Gasteiger charge is 2.09. The molecule has 0 unspecified atom stereocenters. The smallest absolute Gasteiger partial charge is 0.387 e. The van der Waals surface area contributed by atoms with Gasteiger partial charge >= 0.3 is 6.61 Å². The summed E-state index contributed by atoms with van der Waals surface area (Å²) in [5.41, 5.74) is 2.70. The Balaban J connectivity index is 1.57. The average molecular weight is 413 g/mol. The van der Waals surface area contributed by atoms with Crippen LogP contribution in [0.4, 0.5) is 8.78 Å². The quantitative estimate of drug-likeness (QED) is 0.414. The zero-order valence-electron chi connectivity index (χ0n) is 16.8. The zero-order chi connectivity index (χ0) is 21.2. The molecule has 30 heavy (non-hydrogen) atoms. The maximum Gasteiger partial charge on any atom is 0.387 e. The third kappa shape index (κ3) is 6.30. The fraction of sp³-hybridized carbons (Fsp3) is 0.273. The molecule has 0 radical (unpaired) electrons. The van der Waals surface area contributed by atoms with Crippen LogP contribution in [0.15, 0.2) is 72.0 Å². The number of hydrogen-bond acceptors (Lipinski definition) is 3. The summed E-state index contributed by atoms with van der Waals surface area (Å²) in [6, 6.07) is 16.6. The molecule has 6 nitrogen and oxygen atoms in total. The first-order chi connectivity index (χ1) is 14.7. The molecule has 2 aromatic carbocycles. The predicted octanol–water partition coefficient (Wildman–Crippen LogP) is 3.77. The molecule has 158 valence electrons. The number of benzene rings is 2. The van der Waals surface area contributed by atoms with Crippen molar-refractivity contribution in [2.24, 2.45) is 4.99 Å². The Hall–Kier alpha value is -3.42. The molecule has 0 aliphatic rings. The van der Waals surface area contributed by atoms with E-state index in [1.54, 1.807) is 18.2 Å². The normalized spacial score (nSPS) is 11.5. The van der Waals surface area contributed by atoms with Crippen LogP contribution in [0.5, 0.6) is 5.75 Å². The molecule has 3 aromatic rings. The lowest BCUT2D eigenvalue weighted by Gasteiger charge is -2.12. The van der Waals surface area contributed by atoms with E-state index in [0.29, 0.717) is 24.6 Å². The summed E-state index contributed by atoms with van der Waals surface area (Å²) in [5, 5.41) is 10.8. The van der Waals surface area contributed by atoms with Crippen LogP contribution in [0.2, 0.25) is 0 Å².